The second kappa shape index (κ2) is 7.17. The fourth-order valence-corrected chi connectivity index (χ4v) is 1.03. The van der Waals surface area contributed by atoms with Crippen molar-refractivity contribution in [1.82, 2.24) is 0 Å². The maximum atomic E-state index is 5.45. The lowest BCUT2D eigenvalue weighted by Gasteiger charge is -2.04. The average Bonchev–Trinajstić information content (AvgIpc) is 2.28. The number of hydrogen-bond acceptors (Lipinski definition) is 2. The van der Waals surface area contributed by atoms with Gasteiger partial charge < -0.3 is 9.47 Å². The molecule has 0 aromatic heterocycles. The minimum Gasteiger partial charge on any atom is -0.468 e. The first-order valence-electron chi connectivity index (χ1n) is 4.72. The fourth-order valence-electron chi connectivity index (χ4n) is 0.963. The average molecular weight is 225 g/mol. The van der Waals surface area contributed by atoms with Gasteiger partial charge in [0.1, 0.15) is 5.75 Å². The van der Waals surface area contributed by atoms with Gasteiger partial charge in [0.05, 0.1) is 5.88 Å². The zero-order valence-electron chi connectivity index (χ0n) is 8.63. The lowest BCUT2D eigenvalue weighted by molar-refractivity contribution is 0.0224. The van der Waals surface area contributed by atoms with E-state index in [1.807, 2.05) is 31.2 Å². The molecule has 1 aromatic carbocycles. The van der Waals surface area contributed by atoms with E-state index in [9.17, 15) is 0 Å². The predicted octanol–water partition coefficient (Wildman–Crippen LogP) is 2.65. The normalized spacial score (nSPS) is 9.20. The van der Waals surface area contributed by atoms with Crippen molar-refractivity contribution in [3.05, 3.63) is 29.8 Å². The van der Waals surface area contributed by atoms with Crippen LogP contribution < -0.4 is 4.74 Å². The first kappa shape index (κ1) is 11.9. The lowest BCUT2D eigenvalue weighted by atomic mass is 10.2. The van der Waals surface area contributed by atoms with Gasteiger partial charge in [0, 0.05) is 12.2 Å². The van der Waals surface area contributed by atoms with Gasteiger partial charge in [-0.15, -0.1) is 11.6 Å². The van der Waals surface area contributed by atoms with E-state index in [1.165, 1.54) is 0 Å². The smallest absolute Gasteiger partial charge is 0.189 e. The van der Waals surface area contributed by atoms with E-state index in [0.717, 1.165) is 11.3 Å². The van der Waals surface area contributed by atoms with Crippen LogP contribution in [-0.4, -0.2) is 19.3 Å². The molecule has 0 heterocycles. The summed E-state index contributed by atoms with van der Waals surface area (Å²) in [4.78, 5) is 0. The minimum absolute atomic E-state index is 0.281. The van der Waals surface area contributed by atoms with Crippen LogP contribution in [0, 0.1) is 11.8 Å². The molecule has 2 nitrogen and oxygen atoms in total. The lowest BCUT2D eigenvalue weighted by Crippen LogP contribution is -2.01. The number of hydrogen-bond donors (Lipinski definition) is 0. The van der Waals surface area contributed by atoms with Crippen molar-refractivity contribution in [2.24, 2.45) is 0 Å². The molecule has 0 N–H and O–H groups in total. The van der Waals surface area contributed by atoms with Crippen molar-refractivity contribution in [3.8, 4) is 17.6 Å². The zero-order valence-corrected chi connectivity index (χ0v) is 9.38. The van der Waals surface area contributed by atoms with Gasteiger partial charge >= 0.3 is 0 Å². The Morgan fingerprint density at radius 3 is 2.60 bits per heavy atom. The highest BCUT2D eigenvalue weighted by Crippen LogP contribution is 2.11. The minimum atomic E-state index is 0.281. The molecule has 0 saturated heterocycles. The molecule has 0 radical (unpaired) electrons. The molecule has 0 saturated carbocycles. The predicted molar refractivity (Wildman–Crippen MR) is 61.2 cm³/mol. The van der Waals surface area contributed by atoms with E-state index in [4.69, 9.17) is 21.1 Å². The molecule has 0 bridgehead atoms. The van der Waals surface area contributed by atoms with E-state index >= 15 is 0 Å². The van der Waals surface area contributed by atoms with Crippen LogP contribution in [0.5, 0.6) is 5.75 Å². The molecular weight excluding hydrogens is 212 g/mol. The molecule has 0 amide bonds. The summed E-state index contributed by atoms with van der Waals surface area (Å²) < 4.78 is 10.4. The van der Waals surface area contributed by atoms with Gasteiger partial charge in [0.15, 0.2) is 6.79 Å². The summed E-state index contributed by atoms with van der Waals surface area (Å²) in [7, 11) is 0. The summed E-state index contributed by atoms with van der Waals surface area (Å²) >= 11 is 5.45. The van der Waals surface area contributed by atoms with Crippen LogP contribution >= 0.6 is 11.6 Å². The van der Waals surface area contributed by atoms with Crippen molar-refractivity contribution >= 4 is 11.6 Å². The second-order valence-electron chi connectivity index (χ2n) is 2.71. The van der Waals surface area contributed by atoms with Gasteiger partial charge in [-0.05, 0) is 31.2 Å². The Kier molecular flexibility index (Phi) is 5.69. The monoisotopic (exact) mass is 224 g/mol. The highest BCUT2D eigenvalue weighted by Gasteiger charge is 1.92. The fraction of sp³-hybridized carbons (Fsp3) is 0.333. The molecule has 0 atom stereocenters. The van der Waals surface area contributed by atoms with Crippen molar-refractivity contribution in [1.29, 1.82) is 0 Å². The van der Waals surface area contributed by atoms with E-state index in [0.29, 0.717) is 12.5 Å². The zero-order chi connectivity index (χ0) is 10.9. The first-order chi connectivity index (χ1) is 7.36. The van der Waals surface area contributed by atoms with Gasteiger partial charge in [-0.2, -0.15) is 0 Å². The molecule has 0 aliphatic rings. The Morgan fingerprint density at radius 1 is 1.27 bits per heavy atom. The highest BCUT2D eigenvalue weighted by atomic mass is 35.5. The van der Waals surface area contributed by atoms with E-state index in [-0.39, 0.29) is 6.79 Å². The Bertz CT molecular complexity index is 335. The molecule has 1 rings (SSSR count). The van der Waals surface area contributed by atoms with Gasteiger partial charge in [0.2, 0.25) is 0 Å². The third-order valence-electron chi connectivity index (χ3n) is 1.67. The highest BCUT2D eigenvalue weighted by molar-refractivity contribution is 6.19. The van der Waals surface area contributed by atoms with Crippen LogP contribution in [0.25, 0.3) is 0 Å². The quantitative estimate of drug-likeness (QED) is 0.339. The third-order valence-corrected chi connectivity index (χ3v) is 1.80. The Hall–Kier alpha value is -1.17. The van der Waals surface area contributed by atoms with E-state index in [2.05, 4.69) is 11.8 Å². The molecule has 0 aliphatic carbocycles. The summed E-state index contributed by atoms with van der Waals surface area (Å²) in [6.07, 6.45) is 0. The van der Waals surface area contributed by atoms with Crippen LogP contribution in [0.1, 0.15) is 12.5 Å². The Morgan fingerprint density at radius 2 is 2.00 bits per heavy atom. The molecule has 3 heteroatoms. The molecule has 1 aromatic rings. The largest absolute Gasteiger partial charge is 0.468 e. The third kappa shape index (κ3) is 4.73. The van der Waals surface area contributed by atoms with Crippen LogP contribution in [0.3, 0.4) is 0 Å². The number of benzene rings is 1. The van der Waals surface area contributed by atoms with Crippen LogP contribution in [0.4, 0.5) is 0 Å². The van der Waals surface area contributed by atoms with Gasteiger partial charge in [-0.25, -0.2) is 0 Å². The topological polar surface area (TPSA) is 18.5 Å². The summed E-state index contributed by atoms with van der Waals surface area (Å²) in [6.45, 7) is 2.86. The number of ether oxygens (including phenoxy) is 2. The summed E-state index contributed by atoms with van der Waals surface area (Å²) in [5.41, 5.74) is 0.930. The molecule has 15 heavy (non-hydrogen) atoms. The van der Waals surface area contributed by atoms with Gasteiger partial charge in [-0.3, -0.25) is 0 Å². The summed E-state index contributed by atoms with van der Waals surface area (Å²) in [6, 6.07) is 7.50. The number of rotatable bonds is 4. The maximum absolute atomic E-state index is 5.45. The summed E-state index contributed by atoms with van der Waals surface area (Å²) in [5.74, 6) is 6.83. The molecule has 0 fully saturated rings. The number of alkyl halides is 1. The molecule has 80 valence electrons. The van der Waals surface area contributed by atoms with Gasteiger partial charge in [-0.1, -0.05) is 11.8 Å². The van der Waals surface area contributed by atoms with Crippen molar-refractivity contribution in [3.63, 3.8) is 0 Å². The standard InChI is InChI=1S/C12H13ClO2/c1-2-14-10-15-12-7-5-11(6-8-12)4-3-9-13/h5-8H,2,9-10H2,1H3. The maximum Gasteiger partial charge on any atom is 0.189 e. The van der Waals surface area contributed by atoms with Crippen molar-refractivity contribution < 1.29 is 9.47 Å². The van der Waals surface area contributed by atoms with Crippen LogP contribution in [-0.2, 0) is 4.74 Å². The van der Waals surface area contributed by atoms with Crippen LogP contribution in [0.15, 0.2) is 24.3 Å². The molecular formula is C12H13ClO2. The van der Waals surface area contributed by atoms with E-state index < -0.39 is 0 Å². The second-order valence-corrected chi connectivity index (χ2v) is 2.98. The van der Waals surface area contributed by atoms with E-state index in [1.54, 1.807) is 0 Å². The van der Waals surface area contributed by atoms with Gasteiger partial charge in [0.25, 0.3) is 0 Å². The summed E-state index contributed by atoms with van der Waals surface area (Å²) in [5, 5.41) is 0. The molecule has 0 unspecified atom stereocenters. The van der Waals surface area contributed by atoms with Crippen molar-refractivity contribution in [2.75, 3.05) is 19.3 Å². The SMILES string of the molecule is CCOCOc1ccc(C#CCCl)cc1. The first-order valence-corrected chi connectivity index (χ1v) is 5.25. The van der Waals surface area contributed by atoms with Crippen molar-refractivity contribution in [2.45, 2.75) is 6.92 Å². The molecule has 0 aliphatic heterocycles. The number of halogens is 1. The Labute approximate surface area is 95.2 Å². The Balaban J connectivity index is 2.49. The van der Waals surface area contributed by atoms with Crippen LogP contribution in [0.2, 0.25) is 0 Å². The molecule has 0 spiro atoms.